The van der Waals surface area contributed by atoms with Crippen LogP contribution in [0, 0.1) is 20.5 Å². The van der Waals surface area contributed by atoms with Gasteiger partial charge >= 0.3 is 40.1 Å². The van der Waals surface area contributed by atoms with Crippen molar-refractivity contribution in [2.75, 3.05) is 21.3 Å². The van der Waals surface area contributed by atoms with Crippen molar-refractivity contribution in [3.8, 4) is 0 Å². The Morgan fingerprint density at radius 2 is 0.571 bits per heavy atom. The minimum absolute atomic E-state index is 0. The van der Waals surface area contributed by atoms with Gasteiger partial charge in [-0.15, -0.1) is 20.5 Å². The number of halogens is 2. The van der Waals surface area contributed by atoms with E-state index in [4.69, 9.17) is 37.3 Å². The number of hydrogen-bond donors (Lipinski definition) is 4. The molecule has 0 radical (unpaired) electrons. The van der Waals surface area contributed by atoms with Crippen LogP contribution in [-0.2, 0) is 35.7 Å². The van der Waals surface area contributed by atoms with Crippen molar-refractivity contribution in [3.05, 3.63) is 48.5 Å². The molecule has 0 saturated carbocycles. The maximum atomic E-state index is 12.0. The number of anilines is 4. The molecule has 192 valence electrons. The molecule has 3 rings (SSSR count). The first kappa shape index (κ1) is 32.1. The molecule has 0 saturated heterocycles. The van der Waals surface area contributed by atoms with E-state index in [1.54, 1.807) is 24.3 Å². The molecule has 0 atom stereocenters. The van der Waals surface area contributed by atoms with Crippen molar-refractivity contribution in [1.29, 1.82) is 0 Å². The zero-order chi connectivity index (χ0) is 26.1. The first-order valence-electron chi connectivity index (χ1n) is 8.21. The second kappa shape index (κ2) is 13.8. The second-order valence-electron chi connectivity index (χ2n) is 5.66. The van der Waals surface area contributed by atoms with Gasteiger partial charge in [-0.05, 0) is 24.3 Å². The summed E-state index contributed by atoms with van der Waals surface area (Å²) in [5.74, 6) is -3.62. The summed E-state index contributed by atoms with van der Waals surface area (Å²) >= 11 is 0. The third-order valence-electron chi connectivity index (χ3n) is 3.26. The molecule has 1 heterocycles. The van der Waals surface area contributed by atoms with Crippen molar-refractivity contribution in [2.24, 2.45) is 0 Å². The monoisotopic (exact) mass is 580 g/mol. The fourth-order valence-electron chi connectivity index (χ4n) is 2.12. The fraction of sp³-hybridized carbons (Fsp3) is 0. The summed E-state index contributed by atoms with van der Waals surface area (Å²) in [4.78, 5) is 48.1. The van der Waals surface area contributed by atoms with Crippen LogP contribution in [0.3, 0.4) is 0 Å². The summed E-state index contributed by atoms with van der Waals surface area (Å²) in [7, 11) is -9.89. The molecule has 4 N–H and O–H groups in total. The number of carbonyl (C=O) groups excluding carboxylic acids is 4. The summed E-state index contributed by atoms with van der Waals surface area (Å²) < 4.78 is 67.9. The predicted octanol–water partition coefficient (Wildman–Crippen LogP) is -8.36. The van der Waals surface area contributed by atoms with E-state index in [1.165, 1.54) is 24.3 Å². The van der Waals surface area contributed by atoms with E-state index in [0.29, 0.717) is 0 Å². The van der Waals surface area contributed by atoms with Gasteiger partial charge in [0.25, 0.3) is 0 Å². The molecule has 0 unspecified atom stereocenters. The van der Waals surface area contributed by atoms with Gasteiger partial charge in [0.2, 0.25) is 0 Å². The number of hydrogen-bond acceptors (Lipinski definition) is 12. The van der Waals surface area contributed by atoms with Crippen molar-refractivity contribution < 1.29 is 93.4 Å². The number of fused-ring (bicyclic) bond motifs is 2. The van der Waals surface area contributed by atoms with Gasteiger partial charge in [-0.3, -0.25) is 19.2 Å². The second-order valence-corrected chi connectivity index (χ2v) is 7.18. The number of nitrogens with one attached hydrogen (secondary N) is 4. The normalized spacial score (nSPS) is 13.5. The van der Waals surface area contributed by atoms with Crippen LogP contribution < -0.4 is 58.5 Å². The van der Waals surface area contributed by atoms with E-state index in [9.17, 15) is 19.2 Å². The minimum Gasteiger partial charge on any atom is -0.316 e. The molecule has 35 heavy (non-hydrogen) atoms. The molecular formula is C16H12Cl2N4NiO12. The summed E-state index contributed by atoms with van der Waals surface area (Å²) in [5, 5.41) is 9.59. The van der Waals surface area contributed by atoms with Gasteiger partial charge in [0.1, 0.15) is 0 Å². The van der Waals surface area contributed by atoms with Gasteiger partial charge in [0.15, 0.2) is 0 Å². The van der Waals surface area contributed by atoms with Gasteiger partial charge in [-0.2, -0.15) is 0 Å². The molecule has 0 aromatic heterocycles. The number of amides is 4. The standard InChI is InChI=1S/C16H12N4O4.2ClHO4.Ni/c21-13-14(22)19-11-7-3-4-8-12(11)20-16(24)15(23)18-10-6-2-1-5-9(10)17-13;2*2-1(3,4)5;/h1-8H,(H,17,21)(H,18,23)(H,19,22)(H,20,24);2*(H,2,3,4,5);/q;;;+2/p-2. The number of benzene rings is 2. The molecule has 1 aliphatic heterocycles. The first-order valence-corrected chi connectivity index (χ1v) is 10.7. The van der Waals surface area contributed by atoms with E-state index in [-0.39, 0.29) is 39.2 Å². The third-order valence-corrected chi connectivity index (χ3v) is 3.26. The molecule has 0 bridgehead atoms. The zero-order valence-electron chi connectivity index (χ0n) is 16.6. The third kappa shape index (κ3) is 14.2. The van der Waals surface area contributed by atoms with Crippen LogP contribution >= 0.6 is 0 Å². The Balaban J connectivity index is 0.000000894. The molecule has 2 aromatic carbocycles. The molecule has 4 amide bonds. The van der Waals surface area contributed by atoms with Gasteiger partial charge in [0.05, 0.1) is 22.7 Å². The van der Waals surface area contributed by atoms with Crippen LogP contribution in [0.1, 0.15) is 0 Å². The Labute approximate surface area is 209 Å². The number of carbonyl (C=O) groups is 4. The first-order chi connectivity index (χ1) is 15.5. The van der Waals surface area contributed by atoms with E-state index >= 15 is 0 Å². The topological polar surface area (TPSA) is 301 Å². The smallest absolute Gasteiger partial charge is 0.316 e. The molecule has 1 aliphatic rings. The Kier molecular flexibility index (Phi) is 12.7. The maximum absolute atomic E-state index is 12.0. The van der Waals surface area contributed by atoms with E-state index in [0.717, 1.165) is 0 Å². The largest absolute Gasteiger partial charge is 2.00 e. The minimum atomic E-state index is -4.94. The zero-order valence-corrected chi connectivity index (χ0v) is 19.1. The van der Waals surface area contributed by atoms with Crippen LogP contribution in [0.4, 0.5) is 22.7 Å². The average Bonchev–Trinajstić information content (AvgIpc) is 2.67. The average molecular weight is 582 g/mol. The van der Waals surface area contributed by atoms with E-state index < -0.39 is 44.1 Å². The van der Waals surface area contributed by atoms with Crippen LogP contribution in [0.5, 0.6) is 0 Å². The van der Waals surface area contributed by atoms with Gasteiger partial charge in [-0.1, -0.05) is 24.3 Å². The Morgan fingerprint density at radius 3 is 0.714 bits per heavy atom. The molecule has 0 spiro atoms. The van der Waals surface area contributed by atoms with Gasteiger partial charge in [-0.25, -0.2) is 37.3 Å². The van der Waals surface area contributed by atoms with Gasteiger partial charge < -0.3 is 21.3 Å². The van der Waals surface area contributed by atoms with Crippen molar-refractivity contribution >= 4 is 46.4 Å². The molecule has 2 aromatic rings. The molecule has 16 nitrogen and oxygen atoms in total. The van der Waals surface area contributed by atoms with Crippen LogP contribution in [-0.4, -0.2) is 23.6 Å². The maximum Gasteiger partial charge on any atom is 2.00 e. The molecular weight excluding hydrogens is 570 g/mol. The summed E-state index contributed by atoms with van der Waals surface area (Å²) in [6.07, 6.45) is 0. The molecule has 0 fully saturated rings. The molecule has 0 aliphatic carbocycles. The van der Waals surface area contributed by atoms with E-state index in [1.807, 2.05) is 0 Å². The summed E-state index contributed by atoms with van der Waals surface area (Å²) in [5.41, 5.74) is 0.806. The van der Waals surface area contributed by atoms with Gasteiger partial charge in [0, 0.05) is 0 Å². The van der Waals surface area contributed by atoms with Crippen LogP contribution in [0.15, 0.2) is 48.5 Å². The summed E-state index contributed by atoms with van der Waals surface area (Å²) in [6.45, 7) is 0. The van der Waals surface area contributed by atoms with Crippen molar-refractivity contribution in [3.63, 3.8) is 0 Å². The number of rotatable bonds is 0. The van der Waals surface area contributed by atoms with Crippen molar-refractivity contribution in [2.45, 2.75) is 0 Å². The Morgan fingerprint density at radius 1 is 0.429 bits per heavy atom. The quantitative estimate of drug-likeness (QED) is 0.166. The SMILES string of the molecule is O=C1Nc2ccccc2NC(=O)C(=O)Nc2ccccc2NC1=O.[Ni+2].[O-][Cl+3]([O-])([O-])[O-].[O-][Cl+3]([O-])([O-])[O-]. The van der Waals surface area contributed by atoms with E-state index in [2.05, 4.69) is 21.3 Å². The van der Waals surface area contributed by atoms with Crippen LogP contribution in [0.2, 0.25) is 0 Å². The molecule has 19 heteroatoms. The van der Waals surface area contributed by atoms with Crippen LogP contribution in [0.25, 0.3) is 0 Å². The van der Waals surface area contributed by atoms with Crippen molar-refractivity contribution in [1.82, 2.24) is 0 Å². The number of para-hydroxylation sites is 4. The Hall–Kier alpha value is -2.93. The Bertz CT molecular complexity index is 896. The fourth-order valence-corrected chi connectivity index (χ4v) is 2.12. The predicted molar refractivity (Wildman–Crippen MR) is 87.4 cm³/mol. The summed E-state index contributed by atoms with van der Waals surface area (Å²) in [6, 6.07) is 12.5.